The van der Waals surface area contributed by atoms with Gasteiger partial charge in [-0.1, -0.05) is 42.0 Å². The number of fused-ring (bicyclic) bond motifs is 1. The van der Waals surface area contributed by atoms with E-state index < -0.39 is 0 Å². The normalized spacial score (nSPS) is 11.1. The fourth-order valence-corrected chi connectivity index (χ4v) is 2.66. The Kier molecular flexibility index (Phi) is 3.57. The SMILES string of the molecule is CNCCc1c[nH]c2cc(-c3cccc(C)c3)ccc12. The third-order valence-electron chi connectivity index (χ3n) is 3.76. The van der Waals surface area contributed by atoms with E-state index in [0.29, 0.717) is 0 Å². The molecule has 2 heteroatoms. The van der Waals surface area contributed by atoms with Gasteiger partial charge in [-0.15, -0.1) is 0 Å². The minimum absolute atomic E-state index is 1.01. The summed E-state index contributed by atoms with van der Waals surface area (Å²) < 4.78 is 0. The summed E-state index contributed by atoms with van der Waals surface area (Å²) in [5.74, 6) is 0. The molecule has 0 aliphatic rings. The fourth-order valence-electron chi connectivity index (χ4n) is 2.66. The van der Waals surface area contributed by atoms with Crippen LogP contribution in [0.25, 0.3) is 22.0 Å². The van der Waals surface area contributed by atoms with E-state index in [-0.39, 0.29) is 0 Å². The minimum Gasteiger partial charge on any atom is -0.361 e. The number of benzene rings is 2. The maximum Gasteiger partial charge on any atom is 0.0463 e. The zero-order chi connectivity index (χ0) is 13.9. The van der Waals surface area contributed by atoms with E-state index in [4.69, 9.17) is 0 Å². The summed E-state index contributed by atoms with van der Waals surface area (Å²) in [5, 5.41) is 4.53. The zero-order valence-electron chi connectivity index (χ0n) is 12.0. The van der Waals surface area contributed by atoms with Crippen LogP contribution in [0.2, 0.25) is 0 Å². The van der Waals surface area contributed by atoms with Gasteiger partial charge in [-0.3, -0.25) is 0 Å². The molecule has 2 aromatic carbocycles. The molecule has 0 bridgehead atoms. The molecule has 0 amide bonds. The number of likely N-dealkylation sites (N-methyl/N-ethyl adjacent to an activating group) is 1. The highest BCUT2D eigenvalue weighted by molar-refractivity contribution is 5.87. The van der Waals surface area contributed by atoms with Gasteiger partial charge in [-0.05, 0) is 49.7 Å². The van der Waals surface area contributed by atoms with Crippen LogP contribution in [0.4, 0.5) is 0 Å². The van der Waals surface area contributed by atoms with Gasteiger partial charge < -0.3 is 10.3 Å². The van der Waals surface area contributed by atoms with E-state index in [1.54, 1.807) is 0 Å². The summed E-state index contributed by atoms with van der Waals surface area (Å²) in [6.07, 6.45) is 3.18. The Labute approximate surface area is 119 Å². The average Bonchev–Trinajstić information content (AvgIpc) is 2.87. The highest BCUT2D eigenvalue weighted by atomic mass is 14.8. The number of aryl methyl sites for hydroxylation is 1. The van der Waals surface area contributed by atoms with E-state index in [0.717, 1.165) is 13.0 Å². The molecule has 0 saturated heterocycles. The number of aromatic nitrogens is 1. The van der Waals surface area contributed by atoms with Gasteiger partial charge in [0.25, 0.3) is 0 Å². The lowest BCUT2D eigenvalue weighted by Crippen LogP contribution is -2.09. The smallest absolute Gasteiger partial charge is 0.0463 e. The second-order valence-electron chi connectivity index (χ2n) is 5.30. The number of aromatic amines is 1. The standard InChI is InChI=1S/C18H20N2/c1-13-4-3-5-14(10-13)15-6-7-17-16(8-9-19-2)12-20-18(17)11-15/h3-7,10-12,19-20H,8-9H2,1-2H3. The molecule has 102 valence electrons. The van der Waals surface area contributed by atoms with E-state index in [1.807, 2.05) is 7.05 Å². The van der Waals surface area contributed by atoms with Gasteiger partial charge in [0.05, 0.1) is 0 Å². The first-order chi connectivity index (χ1) is 9.78. The van der Waals surface area contributed by atoms with Gasteiger partial charge >= 0.3 is 0 Å². The monoisotopic (exact) mass is 264 g/mol. The Hall–Kier alpha value is -2.06. The molecule has 20 heavy (non-hydrogen) atoms. The summed E-state index contributed by atoms with van der Waals surface area (Å²) in [7, 11) is 1.99. The van der Waals surface area contributed by atoms with Crippen molar-refractivity contribution in [2.75, 3.05) is 13.6 Å². The highest BCUT2D eigenvalue weighted by Gasteiger charge is 2.05. The summed E-state index contributed by atoms with van der Waals surface area (Å²) in [6.45, 7) is 3.14. The van der Waals surface area contributed by atoms with Crippen molar-refractivity contribution in [3.63, 3.8) is 0 Å². The molecule has 0 unspecified atom stereocenters. The zero-order valence-corrected chi connectivity index (χ0v) is 12.0. The first-order valence-electron chi connectivity index (χ1n) is 7.09. The molecular formula is C18H20N2. The van der Waals surface area contributed by atoms with Gasteiger partial charge in [0, 0.05) is 17.1 Å². The molecule has 2 N–H and O–H groups in total. The topological polar surface area (TPSA) is 27.8 Å². The lowest BCUT2D eigenvalue weighted by atomic mass is 10.0. The molecule has 2 nitrogen and oxygen atoms in total. The van der Waals surface area contributed by atoms with Gasteiger partial charge in [-0.25, -0.2) is 0 Å². The van der Waals surface area contributed by atoms with Crippen molar-refractivity contribution in [3.8, 4) is 11.1 Å². The lowest BCUT2D eigenvalue weighted by Gasteiger charge is -2.04. The van der Waals surface area contributed by atoms with Gasteiger partial charge in [0.2, 0.25) is 0 Å². The summed E-state index contributed by atoms with van der Waals surface area (Å²) in [6, 6.07) is 15.3. The predicted octanol–water partition coefficient (Wildman–Crippen LogP) is 3.91. The molecule has 0 aliphatic heterocycles. The fraction of sp³-hybridized carbons (Fsp3) is 0.222. The minimum atomic E-state index is 1.01. The number of nitrogens with one attached hydrogen (secondary N) is 2. The molecule has 0 fully saturated rings. The number of rotatable bonds is 4. The van der Waals surface area contributed by atoms with E-state index in [9.17, 15) is 0 Å². The highest BCUT2D eigenvalue weighted by Crippen LogP contribution is 2.26. The Morgan fingerprint density at radius 2 is 1.90 bits per heavy atom. The summed E-state index contributed by atoms with van der Waals surface area (Å²) >= 11 is 0. The van der Waals surface area contributed by atoms with Crippen molar-refractivity contribution in [1.82, 2.24) is 10.3 Å². The van der Waals surface area contributed by atoms with Crippen molar-refractivity contribution < 1.29 is 0 Å². The molecule has 1 aromatic heterocycles. The number of hydrogen-bond donors (Lipinski definition) is 2. The van der Waals surface area contributed by atoms with Crippen LogP contribution in [0.5, 0.6) is 0 Å². The maximum atomic E-state index is 3.39. The third kappa shape index (κ3) is 2.47. The van der Waals surface area contributed by atoms with Crippen LogP contribution in [0.3, 0.4) is 0 Å². The molecule has 0 radical (unpaired) electrons. The van der Waals surface area contributed by atoms with Gasteiger partial charge in [0.1, 0.15) is 0 Å². The van der Waals surface area contributed by atoms with Crippen LogP contribution in [0.1, 0.15) is 11.1 Å². The van der Waals surface area contributed by atoms with Crippen LogP contribution in [0.15, 0.2) is 48.7 Å². The van der Waals surface area contributed by atoms with Crippen molar-refractivity contribution in [2.45, 2.75) is 13.3 Å². The average molecular weight is 264 g/mol. The first-order valence-corrected chi connectivity index (χ1v) is 7.09. The van der Waals surface area contributed by atoms with Crippen LogP contribution in [0, 0.1) is 6.92 Å². The van der Waals surface area contributed by atoms with Crippen molar-refractivity contribution >= 4 is 10.9 Å². The Bertz CT molecular complexity index is 725. The molecule has 0 spiro atoms. The molecule has 1 heterocycles. The molecule has 0 saturated carbocycles. The third-order valence-corrected chi connectivity index (χ3v) is 3.76. The summed E-state index contributed by atoms with van der Waals surface area (Å²) in [4.78, 5) is 3.39. The van der Waals surface area contributed by atoms with E-state index >= 15 is 0 Å². The van der Waals surface area contributed by atoms with Crippen LogP contribution in [-0.4, -0.2) is 18.6 Å². The molecule has 0 atom stereocenters. The van der Waals surface area contributed by atoms with Crippen LogP contribution < -0.4 is 5.32 Å². The van der Waals surface area contributed by atoms with Crippen molar-refractivity contribution in [3.05, 3.63) is 59.8 Å². The Morgan fingerprint density at radius 1 is 1.05 bits per heavy atom. The second-order valence-corrected chi connectivity index (χ2v) is 5.30. The Morgan fingerprint density at radius 3 is 2.70 bits per heavy atom. The first kappa shape index (κ1) is 12.9. The summed E-state index contributed by atoms with van der Waals surface area (Å²) in [5.41, 5.74) is 6.44. The largest absolute Gasteiger partial charge is 0.361 e. The molecular weight excluding hydrogens is 244 g/mol. The molecule has 0 aliphatic carbocycles. The predicted molar refractivity (Wildman–Crippen MR) is 86.1 cm³/mol. The number of H-pyrrole nitrogens is 1. The quantitative estimate of drug-likeness (QED) is 0.734. The van der Waals surface area contributed by atoms with Crippen molar-refractivity contribution in [1.29, 1.82) is 0 Å². The van der Waals surface area contributed by atoms with Crippen molar-refractivity contribution in [2.24, 2.45) is 0 Å². The van der Waals surface area contributed by atoms with Gasteiger partial charge in [0.15, 0.2) is 0 Å². The maximum absolute atomic E-state index is 3.39. The molecule has 3 rings (SSSR count). The Balaban J connectivity index is 1.99. The number of hydrogen-bond acceptors (Lipinski definition) is 1. The van der Waals surface area contributed by atoms with E-state index in [2.05, 4.69) is 65.9 Å². The van der Waals surface area contributed by atoms with E-state index in [1.165, 1.54) is 33.2 Å². The van der Waals surface area contributed by atoms with Gasteiger partial charge in [-0.2, -0.15) is 0 Å². The van der Waals surface area contributed by atoms with Crippen LogP contribution >= 0.6 is 0 Å². The second kappa shape index (κ2) is 5.51. The lowest BCUT2D eigenvalue weighted by molar-refractivity contribution is 0.795. The van der Waals surface area contributed by atoms with Crippen LogP contribution in [-0.2, 0) is 6.42 Å². The molecule has 3 aromatic rings.